The Morgan fingerprint density at radius 2 is 1.68 bits per heavy atom. The van der Waals surface area contributed by atoms with Crippen molar-refractivity contribution in [2.24, 2.45) is 17.8 Å². The maximum Gasteiger partial charge on any atom is 0.344 e. The average molecular weight is 516 g/mol. The summed E-state index contributed by atoms with van der Waals surface area (Å²) in [4.78, 5) is 29.3. The number of esters is 1. The van der Waals surface area contributed by atoms with E-state index in [4.69, 9.17) is 9.47 Å². The molecule has 4 saturated carbocycles. The maximum absolute atomic E-state index is 12.9. The minimum Gasteiger partial charge on any atom is -0.481 e. The van der Waals surface area contributed by atoms with Gasteiger partial charge in [0.2, 0.25) is 0 Å². The van der Waals surface area contributed by atoms with Crippen molar-refractivity contribution in [2.45, 2.75) is 74.2 Å². The molecule has 7 rings (SSSR count). The van der Waals surface area contributed by atoms with E-state index in [1.54, 1.807) is 0 Å². The van der Waals surface area contributed by atoms with Crippen LogP contribution in [0.15, 0.2) is 75.4 Å². The van der Waals surface area contributed by atoms with E-state index >= 15 is 0 Å². The van der Waals surface area contributed by atoms with Gasteiger partial charge in [-0.25, -0.2) is 4.79 Å². The molecule has 0 radical (unpaired) electrons. The Hall–Kier alpha value is -2.79. The Balaban J connectivity index is 1.18. The number of allylic oxidation sites excluding steroid dienone is 3. The summed E-state index contributed by atoms with van der Waals surface area (Å²) in [5.74, 6) is 1.53. The zero-order chi connectivity index (χ0) is 25.6. The Morgan fingerprint density at radius 1 is 0.973 bits per heavy atom. The van der Waals surface area contributed by atoms with Crippen molar-refractivity contribution >= 4 is 22.6 Å². The average Bonchev–Trinajstić information content (AvgIpc) is 2.87. The number of ketones is 1. The summed E-state index contributed by atoms with van der Waals surface area (Å²) in [7, 11) is -0.191. The number of aryl methyl sites for hydroxylation is 2. The molecule has 4 fully saturated rings. The molecule has 0 aromatic heterocycles. The van der Waals surface area contributed by atoms with Crippen molar-refractivity contribution in [3.63, 3.8) is 0 Å². The first-order chi connectivity index (χ1) is 17.9. The third-order valence-electron chi connectivity index (χ3n) is 8.45. The van der Waals surface area contributed by atoms with Crippen molar-refractivity contribution in [3.05, 3.63) is 76.7 Å². The number of ether oxygens (including phenoxy) is 2. The van der Waals surface area contributed by atoms with Crippen molar-refractivity contribution in [1.82, 2.24) is 0 Å². The first kappa shape index (κ1) is 24.5. The van der Waals surface area contributed by atoms with E-state index in [0.29, 0.717) is 24.5 Å². The van der Waals surface area contributed by atoms with Gasteiger partial charge >= 0.3 is 5.97 Å². The molecular formula is C32H35O4S+. The molecular weight excluding hydrogens is 480 g/mol. The van der Waals surface area contributed by atoms with Crippen LogP contribution >= 0.6 is 0 Å². The molecule has 5 aliphatic carbocycles. The molecule has 0 saturated heterocycles. The number of rotatable bonds is 7. The third kappa shape index (κ3) is 4.79. The van der Waals surface area contributed by atoms with E-state index in [1.807, 2.05) is 0 Å². The molecule has 3 atom stereocenters. The first-order valence-corrected chi connectivity index (χ1v) is 14.8. The molecule has 5 heteroatoms. The second-order valence-electron chi connectivity index (χ2n) is 11.3. The van der Waals surface area contributed by atoms with Crippen LogP contribution in [0.3, 0.4) is 0 Å². The summed E-state index contributed by atoms with van der Waals surface area (Å²) in [6, 6.07) is 15.1. The third-order valence-corrected chi connectivity index (χ3v) is 10.7. The van der Waals surface area contributed by atoms with Crippen LogP contribution in [-0.4, -0.2) is 24.0 Å². The standard InChI is InChI=1S/C32H35O4S/c1-21-13-28(37(26-9-5-3-6-10-26)27-11-7-4-8-12-27)14-22(2)31(21)35-20-29(33)36-32-17-23-15-24(18-32)30(34)25(16-23)19-32/h3,5-7,9-14,23-25H,4,8,15-20H2,1-2H3/q+1. The topological polar surface area (TPSA) is 52.6 Å². The molecule has 3 unspecified atom stereocenters. The molecule has 37 heavy (non-hydrogen) atoms. The van der Waals surface area contributed by atoms with Gasteiger partial charge in [-0.3, -0.25) is 4.79 Å². The molecule has 4 nitrogen and oxygen atoms in total. The van der Waals surface area contributed by atoms with Crippen LogP contribution in [0.1, 0.15) is 56.1 Å². The fraction of sp³-hybridized carbons (Fsp3) is 0.438. The van der Waals surface area contributed by atoms with Crippen LogP contribution in [0.25, 0.3) is 0 Å². The summed E-state index contributed by atoms with van der Waals surface area (Å²) < 4.78 is 12.2. The Kier molecular flexibility index (Phi) is 6.52. The lowest BCUT2D eigenvalue weighted by Gasteiger charge is -2.54. The van der Waals surface area contributed by atoms with Gasteiger partial charge in [-0.1, -0.05) is 24.3 Å². The number of hydrogen-bond donors (Lipinski definition) is 0. The van der Waals surface area contributed by atoms with Crippen molar-refractivity contribution < 1.29 is 19.1 Å². The van der Waals surface area contributed by atoms with Gasteiger partial charge in [0.05, 0.1) is 10.9 Å². The van der Waals surface area contributed by atoms with Crippen molar-refractivity contribution in [2.75, 3.05) is 6.61 Å². The van der Waals surface area contributed by atoms with Crippen LogP contribution in [0.5, 0.6) is 5.75 Å². The first-order valence-electron chi connectivity index (χ1n) is 13.6. The number of carbonyl (C=O) groups is 2. The zero-order valence-electron chi connectivity index (χ0n) is 21.7. The van der Waals surface area contributed by atoms with Crippen LogP contribution in [0.4, 0.5) is 0 Å². The Morgan fingerprint density at radius 3 is 2.32 bits per heavy atom. The van der Waals surface area contributed by atoms with E-state index in [9.17, 15) is 9.59 Å². The van der Waals surface area contributed by atoms with Gasteiger partial charge in [0.15, 0.2) is 21.3 Å². The van der Waals surface area contributed by atoms with Crippen molar-refractivity contribution in [1.29, 1.82) is 0 Å². The minimum atomic E-state index is -0.454. The molecule has 192 valence electrons. The normalized spacial score (nSPS) is 28.6. The van der Waals surface area contributed by atoms with Gasteiger partial charge < -0.3 is 9.47 Å². The van der Waals surface area contributed by atoms with Crippen LogP contribution in [0, 0.1) is 31.6 Å². The van der Waals surface area contributed by atoms with Gasteiger partial charge in [-0.05, 0) is 100 Å². The van der Waals surface area contributed by atoms with Gasteiger partial charge in [-0.15, -0.1) is 0 Å². The second-order valence-corrected chi connectivity index (χ2v) is 13.3. The maximum atomic E-state index is 12.9. The lowest BCUT2D eigenvalue weighted by atomic mass is 9.53. The quantitative estimate of drug-likeness (QED) is 0.306. The molecule has 0 heterocycles. The van der Waals surface area contributed by atoms with Crippen LogP contribution in [0.2, 0.25) is 0 Å². The molecule has 0 N–H and O–H groups in total. The highest BCUT2D eigenvalue weighted by atomic mass is 32.2. The van der Waals surface area contributed by atoms with Gasteiger partial charge in [-0.2, -0.15) is 0 Å². The lowest BCUT2D eigenvalue weighted by Crippen LogP contribution is -2.57. The summed E-state index contributed by atoms with van der Waals surface area (Å²) >= 11 is 0. The van der Waals surface area contributed by atoms with E-state index < -0.39 is 5.60 Å². The minimum absolute atomic E-state index is 0.0875. The molecule has 4 bridgehead atoms. The summed E-state index contributed by atoms with van der Waals surface area (Å²) in [6.45, 7) is 4.01. The van der Waals surface area contributed by atoms with E-state index in [0.717, 1.165) is 49.0 Å². The van der Waals surface area contributed by atoms with Crippen molar-refractivity contribution in [3.8, 4) is 5.75 Å². The molecule has 0 amide bonds. The molecule has 0 aliphatic heterocycles. The monoisotopic (exact) mass is 515 g/mol. The van der Waals surface area contributed by atoms with E-state index in [1.165, 1.54) is 14.7 Å². The highest BCUT2D eigenvalue weighted by Gasteiger charge is 2.57. The van der Waals surface area contributed by atoms with Gasteiger partial charge in [0.1, 0.15) is 17.1 Å². The lowest BCUT2D eigenvalue weighted by molar-refractivity contribution is -0.190. The van der Waals surface area contributed by atoms with Gasteiger partial charge in [0.25, 0.3) is 0 Å². The molecule has 2 aromatic carbocycles. The van der Waals surface area contributed by atoms with E-state index in [2.05, 4.69) is 74.5 Å². The fourth-order valence-corrected chi connectivity index (χ4v) is 9.52. The number of benzene rings is 2. The predicted octanol–water partition coefficient (Wildman–Crippen LogP) is 6.64. The fourth-order valence-electron chi connectivity index (χ4n) is 7.16. The number of Topliss-reactive ketones (excluding diaryl/α,β-unsaturated/α-hetero) is 1. The largest absolute Gasteiger partial charge is 0.481 e. The summed E-state index contributed by atoms with van der Waals surface area (Å²) in [5.41, 5.74) is 1.60. The highest BCUT2D eigenvalue weighted by Crippen LogP contribution is 2.55. The Labute approximate surface area is 222 Å². The second kappa shape index (κ2) is 9.83. The smallest absolute Gasteiger partial charge is 0.344 e. The number of carbonyl (C=O) groups excluding carboxylic acids is 2. The highest BCUT2D eigenvalue weighted by molar-refractivity contribution is 8.00. The number of hydrogen-bond acceptors (Lipinski definition) is 4. The van der Waals surface area contributed by atoms with Crippen LogP contribution < -0.4 is 4.74 Å². The van der Waals surface area contributed by atoms with E-state index in [-0.39, 0.29) is 35.3 Å². The summed E-state index contributed by atoms with van der Waals surface area (Å²) in [6.07, 6.45) is 13.3. The van der Waals surface area contributed by atoms with Crippen LogP contribution in [-0.2, 0) is 25.2 Å². The van der Waals surface area contributed by atoms with Gasteiger partial charge in [0, 0.05) is 24.0 Å². The zero-order valence-corrected chi connectivity index (χ0v) is 22.5. The molecule has 0 spiro atoms. The predicted molar refractivity (Wildman–Crippen MR) is 146 cm³/mol. The Bertz CT molecular complexity index is 1240. The molecule has 2 aromatic rings. The summed E-state index contributed by atoms with van der Waals surface area (Å²) in [5, 5.41) is 0. The molecule has 5 aliphatic rings. The SMILES string of the molecule is Cc1cc([S+](C2=CCCC=C2)c2ccccc2)cc(C)c1OCC(=O)OC12CC3CC(C1)C(=O)C(C3)C2.